The van der Waals surface area contributed by atoms with E-state index in [1.807, 2.05) is 13.8 Å². The van der Waals surface area contributed by atoms with Gasteiger partial charge in [-0.3, -0.25) is 4.79 Å². The number of carbonyl (C=O) groups excluding carboxylic acids is 1. The number of rotatable bonds is 5. The van der Waals surface area contributed by atoms with Crippen LogP contribution in [0.25, 0.3) is 0 Å². The minimum atomic E-state index is -0.423. The van der Waals surface area contributed by atoms with Crippen molar-refractivity contribution in [3.05, 3.63) is 18.2 Å². The summed E-state index contributed by atoms with van der Waals surface area (Å²) in [7, 11) is 0. The quantitative estimate of drug-likeness (QED) is 0.733. The lowest BCUT2D eigenvalue weighted by atomic mass is 9.95. The van der Waals surface area contributed by atoms with Crippen molar-refractivity contribution in [1.29, 1.82) is 0 Å². The second-order valence-electron chi connectivity index (χ2n) is 3.58. The first-order valence-electron chi connectivity index (χ1n) is 4.92. The molecule has 14 heavy (non-hydrogen) atoms. The number of ketones is 1. The highest BCUT2D eigenvalue weighted by molar-refractivity contribution is 5.85. The Balaban J connectivity index is 2.50. The molecule has 1 rings (SSSR count). The van der Waals surface area contributed by atoms with E-state index >= 15 is 0 Å². The predicted molar refractivity (Wildman–Crippen MR) is 54.7 cm³/mol. The fourth-order valence-corrected chi connectivity index (χ4v) is 1.30. The van der Waals surface area contributed by atoms with Crippen LogP contribution < -0.4 is 5.73 Å². The second-order valence-corrected chi connectivity index (χ2v) is 3.58. The number of aromatic nitrogens is 2. The van der Waals surface area contributed by atoms with Gasteiger partial charge in [-0.05, 0) is 6.42 Å². The van der Waals surface area contributed by atoms with Crippen LogP contribution in [-0.4, -0.2) is 21.8 Å². The van der Waals surface area contributed by atoms with Crippen LogP contribution in [0.2, 0.25) is 0 Å². The van der Waals surface area contributed by atoms with Gasteiger partial charge < -0.3 is 10.7 Å². The van der Waals surface area contributed by atoms with Gasteiger partial charge >= 0.3 is 0 Å². The van der Waals surface area contributed by atoms with Crippen LogP contribution in [0.4, 0.5) is 0 Å². The van der Waals surface area contributed by atoms with Gasteiger partial charge in [0.2, 0.25) is 0 Å². The van der Waals surface area contributed by atoms with Gasteiger partial charge in [-0.2, -0.15) is 0 Å². The summed E-state index contributed by atoms with van der Waals surface area (Å²) in [6, 6.07) is -0.423. The summed E-state index contributed by atoms with van der Waals surface area (Å²) in [5.41, 5.74) is 6.62. The largest absolute Gasteiger partial charge is 0.351 e. The molecule has 1 heterocycles. The normalized spacial score (nSPS) is 15.1. The van der Waals surface area contributed by atoms with E-state index in [-0.39, 0.29) is 11.7 Å². The third-order valence-corrected chi connectivity index (χ3v) is 2.45. The minimum Gasteiger partial charge on any atom is -0.351 e. The van der Waals surface area contributed by atoms with Gasteiger partial charge in [0.25, 0.3) is 0 Å². The minimum absolute atomic E-state index is 0.0453. The fourth-order valence-electron chi connectivity index (χ4n) is 1.30. The average Bonchev–Trinajstić information content (AvgIpc) is 2.68. The zero-order valence-electron chi connectivity index (χ0n) is 8.66. The molecule has 0 saturated heterocycles. The van der Waals surface area contributed by atoms with E-state index in [0.29, 0.717) is 6.42 Å². The number of nitrogens with zero attached hydrogens (tertiary/aromatic N) is 1. The van der Waals surface area contributed by atoms with Crippen molar-refractivity contribution in [1.82, 2.24) is 9.97 Å². The number of imidazole rings is 1. The number of hydrogen-bond donors (Lipinski definition) is 2. The van der Waals surface area contributed by atoms with Gasteiger partial charge in [-0.15, -0.1) is 0 Å². The molecule has 0 radical (unpaired) electrons. The van der Waals surface area contributed by atoms with E-state index in [0.717, 1.165) is 12.1 Å². The van der Waals surface area contributed by atoms with Crippen LogP contribution in [0.5, 0.6) is 0 Å². The van der Waals surface area contributed by atoms with Crippen LogP contribution in [0.15, 0.2) is 12.5 Å². The first-order chi connectivity index (χ1) is 6.65. The Kier molecular flexibility index (Phi) is 3.83. The number of nitrogens with one attached hydrogen (secondary N) is 1. The highest BCUT2D eigenvalue weighted by Gasteiger charge is 2.19. The van der Waals surface area contributed by atoms with Gasteiger partial charge in [0.1, 0.15) is 0 Å². The van der Waals surface area contributed by atoms with Gasteiger partial charge in [-0.25, -0.2) is 4.98 Å². The lowest BCUT2D eigenvalue weighted by Crippen LogP contribution is -2.36. The molecule has 0 spiro atoms. The molecule has 2 atom stereocenters. The first-order valence-corrected chi connectivity index (χ1v) is 4.92. The van der Waals surface area contributed by atoms with E-state index in [1.54, 1.807) is 12.5 Å². The smallest absolute Gasteiger partial charge is 0.152 e. The molecule has 0 aliphatic rings. The zero-order valence-corrected chi connectivity index (χ0v) is 8.66. The standard InChI is InChI=1S/C10H17N3O/c1-3-7(2)10(14)9(11)4-8-5-12-6-13-8/h5-7,9H,3-4,11H2,1-2H3,(H,12,13)/t7?,9-/m0/s1. The van der Waals surface area contributed by atoms with E-state index in [4.69, 9.17) is 5.73 Å². The average molecular weight is 195 g/mol. The SMILES string of the molecule is CCC(C)C(=O)[C@@H](N)Cc1c[nH]cn1. The molecule has 0 aliphatic carbocycles. The maximum absolute atomic E-state index is 11.6. The maximum atomic E-state index is 11.6. The van der Waals surface area contributed by atoms with E-state index in [1.165, 1.54) is 0 Å². The summed E-state index contributed by atoms with van der Waals surface area (Å²) >= 11 is 0. The summed E-state index contributed by atoms with van der Waals surface area (Å²) in [6.07, 6.45) is 4.72. The molecule has 78 valence electrons. The molecule has 0 fully saturated rings. The lowest BCUT2D eigenvalue weighted by Gasteiger charge is -2.13. The molecule has 0 bridgehead atoms. The van der Waals surface area contributed by atoms with Crippen LogP contribution in [0.1, 0.15) is 26.0 Å². The number of aromatic amines is 1. The fraction of sp³-hybridized carbons (Fsp3) is 0.600. The second kappa shape index (κ2) is 4.91. The van der Waals surface area contributed by atoms with Crippen molar-refractivity contribution in [2.45, 2.75) is 32.7 Å². The van der Waals surface area contributed by atoms with E-state index in [9.17, 15) is 4.79 Å². The molecule has 3 N–H and O–H groups in total. The molecule has 0 saturated carbocycles. The molecular weight excluding hydrogens is 178 g/mol. The summed E-state index contributed by atoms with van der Waals surface area (Å²) in [5.74, 6) is 0.166. The molecule has 0 aromatic carbocycles. The number of H-pyrrole nitrogens is 1. The Bertz CT molecular complexity index is 282. The molecule has 1 aromatic heterocycles. The van der Waals surface area contributed by atoms with E-state index < -0.39 is 6.04 Å². The van der Waals surface area contributed by atoms with Crippen LogP contribution in [-0.2, 0) is 11.2 Å². The van der Waals surface area contributed by atoms with Crippen LogP contribution >= 0.6 is 0 Å². The number of hydrogen-bond acceptors (Lipinski definition) is 3. The van der Waals surface area contributed by atoms with Crippen LogP contribution in [0, 0.1) is 5.92 Å². The highest BCUT2D eigenvalue weighted by Crippen LogP contribution is 2.07. The van der Waals surface area contributed by atoms with Crippen molar-refractivity contribution >= 4 is 5.78 Å². The third-order valence-electron chi connectivity index (χ3n) is 2.45. The first kappa shape index (κ1) is 10.9. The van der Waals surface area contributed by atoms with E-state index in [2.05, 4.69) is 9.97 Å². The lowest BCUT2D eigenvalue weighted by molar-refractivity contribution is -0.123. The molecular formula is C10H17N3O. The van der Waals surface area contributed by atoms with Crippen molar-refractivity contribution in [2.24, 2.45) is 11.7 Å². The highest BCUT2D eigenvalue weighted by atomic mass is 16.1. The van der Waals surface area contributed by atoms with Crippen molar-refractivity contribution in [2.75, 3.05) is 0 Å². The molecule has 1 unspecified atom stereocenters. The molecule has 0 amide bonds. The Morgan fingerprint density at radius 2 is 2.43 bits per heavy atom. The van der Waals surface area contributed by atoms with Gasteiger partial charge in [0.05, 0.1) is 18.1 Å². The van der Waals surface area contributed by atoms with Gasteiger partial charge in [0.15, 0.2) is 5.78 Å². The van der Waals surface area contributed by atoms with Gasteiger partial charge in [0, 0.05) is 18.5 Å². The Morgan fingerprint density at radius 3 is 2.93 bits per heavy atom. The monoisotopic (exact) mass is 195 g/mol. The summed E-state index contributed by atoms with van der Waals surface area (Å²) in [4.78, 5) is 18.5. The summed E-state index contributed by atoms with van der Waals surface area (Å²) < 4.78 is 0. The van der Waals surface area contributed by atoms with Crippen LogP contribution in [0.3, 0.4) is 0 Å². The number of nitrogens with two attached hydrogens (primary N) is 1. The molecule has 4 nitrogen and oxygen atoms in total. The predicted octanol–water partition coefficient (Wildman–Crippen LogP) is 0.895. The Hall–Kier alpha value is -1.16. The molecule has 4 heteroatoms. The third kappa shape index (κ3) is 2.67. The summed E-state index contributed by atoms with van der Waals surface area (Å²) in [6.45, 7) is 3.90. The van der Waals surface area contributed by atoms with Crippen molar-refractivity contribution in [3.63, 3.8) is 0 Å². The Labute approximate surface area is 83.9 Å². The maximum Gasteiger partial charge on any atom is 0.152 e. The van der Waals surface area contributed by atoms with Crippen molar-refractivity contribution < 1.29 is 4.79 Å². The number of Topliss-reactive ketones (excluding diaryl/α,β-unsaturated/α-hetero) is 1. The summed E-state index contributed by atoms with van der Waals surface area (Å²) in [5, 5.41) is 0. The van der Waals surface area contributed by atoms with Crippen molar-refractivity contribution in [3.8, 4) is 0 Å². The Morgan fingerprint density at radius 1 is 1.71 bits per heavy atom. The molecule has 0 aliphatic heterocycles. The zero-order chi connectivity index (χ0) is 10.6. The van der Waals surface area contributed by atoms with Gasteiger partial charge in [-0.1, -0.05) is 13.8 Å². The number of carbonyl (C=O) groups is 1. The molecule has 1 aromatic rings. The topological polar surface area (TPSA) is 71.8 Å².